The molecule has 6 heteroatoms. The first-order valence-electron chi connectivity index (χ1n) is 5.63. The van der Waals surface area contributed by atoms with Crippen LogP contribution in [-0.4, -0.2) is 21.5 Å². The number of pyridine rings is 1. The maximum atomic E-state index is 5.90. The molecule has 0 saturated heterocycles. The number of aromatic nitrogens is 3. The van der Waals surface area contributed by atoms with Gasteiger partial charge >= 0.3 is 0 Å². The zero-order chi connectivity index (χ0) is 13.0. The van der Waals surface area contributed by atoms with Crippen molar-refractivity contribution in [3.8, 4) is 0 Å². The van der Waals surface area contributed by atoms with E-state index in [0.717, 1.165) is 12.2 Å². The first-order chi connectivity index (χ1) is 8.72. The van der Waals surface area contributed by atoms with Gasteiger partial charge in [0.25, 0.3) is 0 Å². The topological polar surface area (TPSA) is 67.9 Å². The van der Waals surface area contributed by atoms with E-state index >= 15 is 0 Å². The van der Waals surface area contributed by atoms with Gasteiger partial charge in [0.2, 0.25) is 0 Å². The van der Waals surface area contributed by atoms with Crippen molar-refractivity contribution in [2.24, 2.45) is 0 Å². The van der Waals surface area contributed by atoms with Crippen LogP contribution in [0.4, 0.5) is 11.5 Å². The van der Waals surface area contributed by atoms with Crippen molar-refractivity contribution in [1.29, 1.82) is 0 Å². The summed E-state index contributed by atoms with van der Waals surface area (Å²) in [6.45, 7) is 3.42. The van der Waals surface area contributed by atoms with Gasteiger partial charge in [-0.05, 0) is 19.1 Å². The predicted octanol–water partition coefficient (Wildman–Crippen LogP) is 2.13. The molecule has 0 radical (unpaired) electrons. The first-order valence-corrected chi connectivity index (χ1v) is 6.01. The minimum absolute atomic E-state index is 0.277. The third-order valence-electron chi connectivity index (χ3n) is 2.57. The SMILES string of the molecule is CCN(Cc1ccccn1)c1ncnc(Cl)c1N. The van der Waals surface area contributed by atoms with Crippen LogP contribution in [-0.2, 0) is 6.54 Å². The van der Waals surface area contributed by atoms with Crippen LogP contribution in [0.3, 0.4) is 0 Å². The molecule has 0 bridgehead atoms. The van der Waals surface area contributed by atoms with Crippen LogP contribution in [0.5, 0.6) is 0 Å². The van der Waals surface area contributed by atoms with E-state index in [1.165, 1.54) is 6.33 Å². The molecule has 0 aromatic carbocycles. The van der Waals surface area contributed by atoms with Gasteiger partial charge in [-0.25, -0.2) is 9.97 Å². The van der Waals surface area contributed by atoms with E-state index in [9.17, 15) is 0 Å². The average Bonchev–Trinajstić information content (AvgIpc) is 2.41. The van der Waals surface area contributed by atoms with Gasteiger partial charge in [0.15, 0.2) is 11.0 Å². The number of hydrogen-bond acceptors (Lipinski definition) is 5. The van der Waals surface area contributed by atoms with Crippen LogP contribution in [0.15, 0.2) is 30.7 Å². The molecule has 2 heterocycles. The maximum Gasteiger partial charge on any atom is 0.157 e. The molecule has 2 aromatic heterocycles. The number of hydrogen-bond donors (Lipinski definition) is 1. The van der Waals surface area contributed by atoms with Crippen molar-refractivity contribution in [2.75, 3.05) is 17.2 Å². The number of nitrogen functional groups attached to an aromatic ring is 1. The molecule has 2 aromatic rings. The van der Waals surface area contributed by atoms with E-state index in [1.54, 1.807) is 6.20 Å². The van der Waals surface area contributed by atoms with E-state index in [2.05, 4.69) is 15.0 Å². The monoisotopic (exact) mass is 263 g/mol. The van der Waals surface area contributed by atoms with Crippen molar-refractivity contribution < 1.29 is 0 Å². The van der Waals surface area contributed by atoms with E-state index < -0.39 is 0 Å². The summed E-state index contributed by atoms with van der Waals surface area (Å²) in [5, 5.41) is 0.277. The van der Waals surface area contributed by atoms with Gasteiger partial charge in [-0.1, -0.05) is 17.7 Å². The molecule has 0 amide bonds. The Morgan fingerprint density at radius 1 is 1.28 bits per heavy atom. The summed E-state index contributed by atoms with van der Waals surface area (Å²) in [4.78, 5) is 14.3. The van der Waals surface area contributed by atoms with E-state index in [4.69, 9.17) is 17.3 Å². The molecule has 0 unspecified atom stereocenters. The second-order valence-electron chi connectivity index (χ2n) is 3.74. The Hall–Kier alpha value is -1.88. The largest absolute Gasteiger partial charge is 0.393 e. The van der Waals surface area contributed by atoms with Crippen LogP contribution in [0.1, 0.15) is 12.6 Å². The Bertz CT molecular complexity index is 517. The predicted molar refractivity (Wildman–Crippen MR) is 72.4 cm³/mol. The molecule has 2 N–H and O–H groups in total. The molecule has 0 aliphatic rings. The highest BCUT2D eigenvalue weighted by Gasteiger charge is 2.13. The third-order valence-corrected chi connectivity index (χ3v) is 2.88. The van der Waals surface area contributed by atoms with Gasteiger partial charge in [0.05, 0.1) is 12.2 Å². The lowest BCUT2D eigenvalue weighted by Crippen LogP contribution is -2.25. The van der Waals surface area contributed by atoms with Crippen molar-refractivity contribution in [2.45, 2.75) is 13.5 Å². The van der Waals surface area contributed by atoms with Crippen LogP contribution >= 0.6 is 11.6 Å². The average molecular weight is 264 g/mol. The number of nitrogens with zero attached hydrogens (tertiary/aromatic N) is 4. The second-order valence-corrected chi connectivity index (χ2v) is 4.10. The summed E-state index contributed by atoms with van der Waals surface area (Å²) in [5.74, 6) is 0.642. The van der Waals surface area contributed by atoms with Crippen molar-refractivity contribution in [3.05, 3.63) is 41.6 Å². The lowest BCUT2D eigenvalue weighted by molar-refractivity contribution is 0.793. The fourth-order valence-corrected chi connectivity index (χ4v) is 1.77. The van der Waals surface area contributed by atoms with Crippen LogP contribution in [0.25, 0.3) is 0 Å². The molecule has 2 rings (SSSR count). The maximum absolute atomic E-state index is 5.90. The Labute approximate surface area is 111 Å². The second kappa shape index (κ2) is 5.64. The zero-order valence-electron chi connectivity index (χ0n) is 10.0. The van der Waals surface area contributed by atoms with E-state index in [0.29, 0.717) is 18.1 Å². The highest BCUT2D eigenvalue weighted by molar-refractivity contribution is 6.32. The van der Waals surface area contributed by atoms with Gasteiger partial charge in [0, 0.05) is 12.7 Å². The minimum Gasteiger partial charge on any atom is -0.393 e. The number of halogens is 1. The Morgan fingerprint density at radius 2 is 2.11 bits per heavy atom. The summed E-state index contributed by atoms with van der Waals surface area (Å²) in [6, 6.07) is 5.80. The van der Waals surface area contributed by atoms with Crippen LogP contribution < -0.4 is 10.6 Å². The molecule has 0 aliphatic carbocycles. The van der Waals surface area contributed by atoms with Crippen molar-refractivity contribution >= 4 is 23.1 Å². The van der Waals surface area contributed by atoms with Crippen LogP contribution in [0.2, 0.25) is 5.15 Å². The number of nitrogens with two attached hydrogens (primary N) is 1. The molecule has 94 valence electrons. The Morgan fingerprint density at radius 3 is 2.78 bits per heavy atom. The highest BCUT2D eigenvalue weighted by atomic mass is 35.5. The molecule has 0 spiro atoms. The van der Waals surface area contributed by atoms with Crippen molar-refractivity contribution in [3.63, 3.8) is 0 Å². The summed E-state index contributed by atoms with van der Waals surface area (Å²) < 4.78 is 0. The normalized spacial score (nSPS) is 10.3. The lowest BCUT2D eigenvalue weighted by Gasteiger charge is -2.22. The molecule has 0 atom stereocenters. The summed E-state index contributed by atoms with van der Waals surface area (Å²) in [6.07, 6.45) is 3.18. The smallest absolute Gasteiger partial charge is 0.157 e. The molecule has 0 aliphatic heterocycles. The molecule has 5 nitrogen and oxygen atoms in total. The quantitative estimate of drug-likeness (QED) is 0.856. The molecule has 0 fully saturated rings. The standard InChI is InChI=1S/C12H14ClN5/c1-2-18(7-9-5-3-4-6-15-9)12-10(14)11(13)16-8-17-12/h3-6,8H,2,7,14H2,1H3. The third kappa shape index (κ3) is 2.68. The van der Waals surface area contributed by atoms with E-state index in [-0.39, 0.29) is 5.15 Å². The Kier molecular flexibility index (Phi) is 3.94. The van der Waals surface area contributed by atoms with Gasteiger partial charge in [-0.15, -0.1) is 0 Å². The molecule has 0 saturated carbocycles. The Balaban J connectivity index is 2.26. The van der Waals surface area contributed by atoms with Crippen molar-refractivity contribution in [1.82, 2.24) is 15.0 Å². The molecule has 18 heavy (non-hydrogen) atoms. The molecular weight excluding hydrogens is 250 g/mol. The summed E-state index contributed by atoms with van der Waals surface area (Å²) in [5.41, 5.74) is 7.25. The van der Waals surface area contributed by atoms with E-state index in [1.807, 2.05) is 30.0 Å². The van der Waals surface area contributed by atoms with Gasteiger partial charge in [-0.3, -0.25) is 4.98 Å². The van der Waals surface area contributed by atoms with Crippen LogP contribution in [0, 0.1) is 0 Å². The number of anilines is 2. The van der Waals surface area contributed by atoms with Gasteiger partial charge in [0.1, 0.15) is 12.0 Å². The summed E-state index contributed by atoms with van der Waals surface area (Å²) >= 11 is 5.90. The highest BCUT2D eigenvalue weighted by Crippen LogP contribution is 2.26. The summed E-state index contributed by atoms with van der Waals surface area (Å²) in [7, 11) is 0. The fraction of sp³-hybridized carbons (Fsp3) is 0.250. The fourth-order valence-electron chi connectivity index (χ4n) is 1.64. The zero-order valence-corrected chi connectivity index (χ0v) is 10.8. The van der Waals surface area contributed by atoms with Gasteiger partial charge < -0.3 is 10.6 Å². The lowest BCUT2D eigenvalue weighted by atomic mass is 10.3. The minimum atomic E-state index is 0.277. The number of rotatable bonds is 4. The van der Waals surface area contributed by atoms with Gasteiger partial charge in [-0.2, -0.15) is 0 Å². The first kappa shape index (κ1) is 12.6. The molecular formula is C12H14ClN5.